The SMILES string of the molecule is Nc1ccnc2[nH]cc(C(=O)c3ccc(Oc4cccc(F)c4)cc3Cl)c12. The van der Waals surface area contributed by atoms with Gasteiger partial charge >= 0.3 is 0 Å². The van der Waals surface area contributed by atoms with E-state index in [1.165, 1.54) is 18.2 Å². The van der Waals surface area contributed by atoms with Crippen LogP contribution in [0, 0.1) is 5.82 Å². The molecule has 5 nitrogen and oxygen atoms in total. The summed E-state index contributed by atoms with van der Waals surface area (Å²) in [6, 6.07) is 12.0. The Morgan fingerprint density at radius 1 is 1.11 bits per heavy atom. The fraction of sp³-hybridized carbons (Fsp3) is 0. The molecule has 0 aliphatic carbocycles. The summed E-state index contributed by atoms with van der Waals surface area (Å²) in [6.07, 6.45) is 3.12. The van der Waals surface area contributed by atoms with Crippen LogP contribution in [0.4, 0.5) is 10.1 Å². The maximum atomic E-state index is 13.3. The molecule has 3 N–H and O–H groups in total. The van der Waals surface area contributed by atoms with Gasteiger partial charge in [0.15, 0.2) is 5.78 Å². The second-order valence-electron chi connectivity index (χ2n) is 5.86. The van der Waals surface area contributed by atoms with E-state index in [1.54, 1.807) is 42.7 Å². The van der Waals surface area contributed by atoms with Gasteiger partial charge in [-0.15, -0.1) is 0 Å². The molecule has 134 valence electrons. The van der Waals surface area contributed by atoms with Crippen LogP contribution in [0.25, 0.3) is 11.0 Å². The number of pyridine rings is 1. The Morgan fingerprint density at radius 2 is 1.93 bits per heavy atom. The summed E-state index contributed by atoms with van der Waals surface area (Å²) >= 11 is 6.30. The van der Waals surface area contributed by atoms with Crippen LogP contribution in [0.2, 0.25) is 5.02 Å². The predicted molar refractivity (Wildman–Crippen MR) is 102 cm³/mol. The second-order valence-corrected chi connectivity index (χ2v) is 6.26. The van der Waals surface area contributed by atoms with Gasteiger partial charge in [-0.3, -0.25) is 4.79 Å². The highest BCUT2D eigenvalue weighted by Crippen LogP contribution is 2.31. The Labute approximate surface area is 158 Å². The fourth-order valence-corrected chi connectivity index (χ4v) is 3.07. The molecule has 4 rings (SSSR count). The molecule has 0 amide bonds. The molecule has 0 unspecified atom stereocenters. The Hall–Kier alpha value is -3.38. The minimum absolute atomic E-state index is 0.214. The number of aromatic nitrogens is 2. The molecule has 0 fully saturated rings. The van der Waals surface area contributed by atoms with Crippen molar-refractivity contribution >= 4 is 34.1 Å². The number of rotatable bonds is 4. The maximum Gasteiger partial charge on any atom is 0.196 e. The number of nitrogens with one attached hydrogen (secondary N) is 1. The molecule has 7 heteroatoms. The van der Waals surface area contributed by atoms with Gasteiger partial charge in [0.25, 0.3) is 0 Å². The monoisotopic (exact) mass is 381 g/mol. The summed E-state index contributed by atoms with van der Waals surface area (Å²) in [5, 5.41) is 0.768. The molecular weight excluding hydrogens is 369 g/mol. The van der Waals surface area contributed by atoms with Crippen LogP contribution < -0.4 is 10.5 Å². The topological polar surface area (TPSA) is 81.0 Å². The third-order valence-corrected chi connectivity index (χ3v) is 4.38. The van der Waals surface area contributed by atoms with Crippen molar-refractivity contribution in [1.29, 1.82) is 0 Å². The molecule has 0 aliphatic heterocycles. The number of nitrogen functional groups attached to an aromatic ring is 1. The number of H-pyrrole nitrogens is 1. The van der Waals surface area contributed by atoms with Gasteiger partial charge in [-0.25, -0.2) is 9.37 Å². The summed E-state index contributed by atoms with van der Waals surface area (Å²) in [6.45, 7) is 0. The quantitative estimate of drug-likeness (QED) is 0.489. The Kier molecular flexibility index (Phi) is 4.25. The molecule has 0 bridgehead atoms. The van der Waals surface area contributed by atoms with E-state index in [-0.39, 0.29) is 10.8 Å². The number of nitrogens with two attached hydrogens (primary N) is 1. The Balaban J connectivity index is 1.67. The van der Waals surface area contributed by atoms with Gasteiger partial charge in [0.05, 0.1) is 16.0 Å². The van der Waals surface area contributed by atoms with E-state index in [0.29, 0.717) is 39.3 Å². The van der Waals surface area contributed by atoms with E-state index in [4.69, 9.17) is 22.1 Å². The number of hydrogen-bond donors (Lipinski definition) is 2. The summed E-state index contributed by atoms with van der Waals surface area (Å²) in [5.41, 5.74) is 7.64. The predicted octanol–water partition coefficient (Wildman–Crippen LogP) is 4.96. The highest BCUT2D eigenvalue weighted by Gasteiger charge is 2.19. The number of anilines is 1. The Bertz CT molecular complexity index is 1170. The van der Waals surface area contributed by atoms with Crippen molar-refractivity contribution in [2.45, 2.75) is 0 Å². The number of benzene rings is 2. The van der Waals surface area contributed by atoms with Crippen molar-refractivity contribution in [3.8, 4) is 11.5 Å². The third kappa shape index (κ3) is 3.22. The molecule has 0 aliphatic rings. The van der Waals surface area contributed by atoms with E-state index < -0.39 is 5.82 Å². The average Bonchev–Trinajstić information content (AvgIpc) is 3.07. The van der Waals surface area contributed by atoms with E-state index in [0.717, 1.165) is 0 Å². The van der Waals surface area contributed by atoms with Gasteiger partial charge in [0, 0.05) is 35.8 Å². The number of aromatic amines is 1. The van der Waals surface area contributed by atoms with Crippen LogP contribution in [0.5, 0.6) is 11.5 Å². The van der Waals surface area contributed by atoms with Crippen LogP contribution in [-0.2, 0) is 0 Å². The standard InChI is InChI=1S/C20H13ClFN3O2/c21-16-9-13(27-12-3-1-2-11(22)8-12)4-5-14(16)19(26)15-10-25-20-18(15)17(23)6-7-24-20/h1-10H,(H3,23,24,25). The molecule has 0 atom stereocenters. The first-order valence-corrected chi connectivity index (χ1v) is 8.40. The molecule has 27 heavy (non-hydrogen) atoms. The lowest BCUT2D eigenvalue weighted by Crippen LogP contribution is -2.03. The number of halogens is 2. The normalized spacial score (nSPS) is 10.9. The van der Waals surface area contributed by atoms with Gasteiger partial charge < -0.3 is 15.5 Å². The van der Waals surface area contributed by atoms with Crippen molar-refractivity contribution < 1.29 is 13.9 Å². The number of fused-ring (bicyclic) bond motifs is 1. The lowest BCUT2D eigenvalue weighted by atomic mass is 10.0. The molecule has 0 saturated heterocycles. The van der Waals surface area contributed by atoms with Gasteiger partial charge in [0.2, 0.25) is 0 Å². The van der Waals surface area contributed by atoms with E-state index in [1.807, 2.05) is 0 Å². The van der Waals surface area contributed by atoms with Crippen LogP contribution in [0.15, 0.2) is 60.9 Å². The molecule has 0 saturated carbocycles. The first-order chi connectivity index (χ1) is 13.0. The molecule has 0 spiro atoms. The van der Waals surface area contributed by atoms with E-state index in [2.05, 4.69) is 9.97 Å². The lowest BCUT2D eigenvalue weighted by molar-refractivity contribution is 0.104. The zero-order valence-corrected chi connectivity index (χ0v) is 14.6. The summed E-state index contributed by atoms with van der Waals surface area (Å²) in [5.74, 6) is 0.0297. The highest BCUT2D eigenvalue weighted by atomic mass is 35.5. The van der Waals surface area contributed by atoms with Gasteiger partial charge in [-0.1, -0.05) is 17.7 Å². The van der Waals surface area contributed by atoms with E-state index >= 15 is 0 Å². The first-order valence-electron chi connectivity index (χ1n) is 8.02. The largest absolute Gasteiger partial charge is 0.457 e. The highest BCUT2D eigenvalue weighted by molar-refractivity contribution is 6.35. The minimum Gasteiger partial charge on any atom is -0.457 e. The molecule has 2 aromatic carbocycles. The lowest BCUT2D eigenvalue weighted by Gasteiger charge is -2.09. The van der Waals surface area contributed by atoms with Gasteiger partial charge in [-0.05, 0) is 30.3 Å². The van der Waals surface area contributed by atoms with Crippen LogP contribution in [-0.4, -0.2) is 15.8 Å². The summed E-state index contributed by atoms with van der Waals surface area (Å²) in [7, 11) is 0. The van der Waals surface area contributed by atoms with Gasteiger partial charge in [0.1, 0.15) is 23.0 Å². The summed E-state index contributed by atoms with van der Waals surface area (Å²) < 4.78 is 18.9. The number of carbonyl (C=O) groups is 1. The number of nitrogens with zero attached hydrogens (tertiary/aromatic N) is 1. The van der Waals surface area contributed by atoms with Crippen LogP contribution >= 0.6 is 11.6 Å². The number of hydrogen-bond acceptors (Lipinski definition) is 4. The second kappa shape index (κ2) is 6.74. The molecule has 0 radical (unpaired) electrons. The minimum atomic E-state index is -0.407. The molecule has 2 aromatic heterocycles. The van der Waals surface area contributed by atoms with Crippen molar-refractivity contribution in [2.24, 2.45) is 0 Å². The molecule has 2 heterocycles. The van der Waals surface area contributed by atoms with E-state index in [9.17, 15) is 9.18 Å². The number of ether oxygens (including phenoxy) is 1. The average molecular weight is 382 g/mol. The third-order valence-electron chi connectivity index (χ3n) is 4.07. The van der Waals surface area contributed by atoms with Crippen LogP contribution in [0.1, 0.15) is 15.9 Å². The van der Waals surface area contributed by atoms with Crippen molar-refractivity contribution in [3.63, 3.8) is 0 Å². The van der Waals surface area contributed by atoms with Crippen molar-refractivity contribution in [1.82, 2.24) is 9.97 Å². The smallest absolute Gasteiger partial charge is 0.196 e. The zero-order valence-electron chi connectivity index (χ0n) is 13.9. The first kappa shape index (κ1) is 17.1. The van der Waals surface area contributed by atoms with Crippen molar-refractivity contribution in [2.75, 3.05) is 5.73 Å². The fourth-order valence-electron chi connectivity index (χ4n) is 2.82. The molecule has 4 aromatic rings. The number of carbonyl (C=O) groups excluding carboxylic acids is 1. The summed E-state index contributed by atoms with van der Waals surface area (Å²) in [4.78, 5) is 20.0. The van der Waals surface area contributed by atoms with Crippen molar-refractivity contribution in [3.05, 3.63) is 82.9 Å². The zero-order chi connectivity index (χ0) is 19.0. The Morgan fingerprint density at radius 3 is 2.70 bits per heavy atom. The maximum absolute atomic E-state index is 13.3. The molecular formula is C20H13ClFN3O2. The van der Waals surface area contributed by atoms with Gasteiger partial charge in [-0.2, -0.15) is 0 Å². The number of ketones is 1. The van der Waals surface area contributed by atoms with Crippen LogP contribution in [0.3, 0.4) is 0 Å².